The molecule has 92 valence electrons. The lowest BCUT2D eigenvalue weighted by atomic mass is 9.61. The molecule has 1 aliphatic heterocycles. The highest BCUT2D eigenvalue weighted by atomic mass is 16.2. The first-order valence-electron chi connectivity index (χ1n) is 6.57. The molecule has 0 spiro atoms. The highest BCUT2D eigenvalue weighted by Crippen LogP contribution is 2.46. The summed E-state index contributed by atoms with van der Waals surface area (Å²) in [5.41, 5.74) is 5.63. The maximum atomic E-state index is 12.5. The molecule has 2 fully saturated rings. The van der Waals surface area contributed by atoms with Crippen molar-refractivity contribution in [1.82, 2.24) is 4.90 Å². The number of carbonyl (C=O) groups excluding carboxylic acids is 1. The minimum atomic E-state index is -0.198. The molecule has 0 radical (unpaired) electrons. The predicted molar refractivity (Wildman–Crippen MR) is 64.9 cm³/mol. The Labute approximate surface area is 98.4 Å². The molecular formula is C13H24N2O. The van der Waals surface area contributed by atoms with E-state index in [1.54, 1.807) is 0 Å². The second kappa shape index (κ2) is 4.36. The van der Waals surface area contributed by atoms with Crippen molar-refractivity contribution >= 4 is 5.91 Å². The normalized spacial score (nSPS) is 39.3. The molecule has 1 amide bonds. The topological polar surface area (TPSA) is 46.3 Å². The van der Waals surface area contributed by atoms with Gasteiger partial charge in [0.25, 0.3) is 0 Å². The molecule has 2 N–H and O–H groups in total. The lowest BCUT2D eigenvalue weighted by Gasteiger charge is -2.48. The Morgan fingerprint density at radius 3 is 2.56 bits per heavy atom. The summed E-state index contributed by atoms with van der Waals surface area (Å²) in [6.07, 6.45) is 4.40. The average molecular weight is 224 g/mol. The van der Waals surface area contributed by atoms with Gasteiger partial charge in [-0.05, 0) is 37.5 Å². The first-order valence-corrected chi connectivity index (χ1v) is 6.57. The van der Waals surface area contributed by atoms with Crippen LogP contribution in [0.15, 0.2) is 0 Å². The highest BCUT2D eigenvalue weighted by Gasteiger charge is 2.49. The largest absolute Gasteiger partial charge is 0.342 e. The minimum absolute atomic E-state index is 0.198. The lowest BCUT2D eigenvalue weighted by Crippen LogP contribution is -2.56. The van der Waals surface area contributed by atoms with E-state index in [1.165, 1.54) is 6.42 Å². The highest BCUT2D eigenvalue weighted by molar-refractivity contribution is 5.84. The van der Waals surface area contributed by atoms with Crippen LogP contribution in [0.2, 0.25) is 0 Å². The molecule has 0 aromatic heterocycles. The Morgan fingerprint density at radius 1 is 1.38 bits per heavy atom. The predicted octanol–water partition coefficient (Wildman–Crippen LogP) is 1.62. The molecule has 1 unspecified atom stereocenters. The Morgan fingerprint density at radius 2 is 2.06 bits per heavy atom. The van der Waals surface area contributed by atoms with E-state index in [1.807, 2.05) is 0 Å². The molecule has 3 nitrogen and oxygen atoms in total. The zero-order valence-electron chi connectivity index (χ0n) is 10.5. The molecule has 0 aromatic carbocycles. The second-order valence-corrected chi connectivity index (χ2v) is 6.00. The zero-order chi connectivity index (χ0) is 11.8. The molecule has 1 aliphatic carbocycles. The average Bonchev–Trinajstić information content (AvgIpc) is 2.23. The fraction of sp³-hybridized carbons (Fsp3) is 0.923. The van der Waals surface area contributed by atoms with Gasteiger partial charge in [-0.1, -0.05) is 13.8 Å². The number of amides is 1. The fourth-order valence-electron chi connectivity index (χ4n) is 3.41. The molecule has 1 heterocycles. The number of carbonyl (C=O) groups is 1. The van der Waals surface area contributed by atoms with Crippen LogP contribution in [0.5, 0.6) is 0 Å². The monoisotopic (exact) mass is 224 g/mol. The van der Waals surface area contributed by atoms with Gasteiger partial charge in [-0.15, -0.1) is 0 Å². The van der Waals surface area contributed by atoms with Crippen LogP contribution in [0.4, 0.5) is 0 Å². The van der Waals surface area contributed by atoms with Crippen molar-refractivity contribution in [1.29, 1.82) is 0 Å². The van der Waals surface area contributed by atoms with Crippen molar-refractivity contribution in [3.63, 3.8) is 0 Å². The third kappa shape index (κ3) is 1.97. The van der Waals surface area contributed by atoms with Gasteiger partial charge >= 0.3 is 0 Å². The van der Waals surface area contributed by atoms with Crippen LogP contribution < -0.4 is 5.73 Å². The quantitative estimate of drug-likeness (QED) is 0.774. The summed E-state index contributed by atoms with van der Waals surface area (Å²) in [6.45, 7) is 6.85. The molecule has 2 aliphatic rings. The van der Waals surface area contributed by atoms with Crippen LogP contribution in [0.1, 0.15) is 39.5 Å². The lowest BCUT2D eigenvalue weighted by molar-refractivity contribution is -0.151. The van der Waals surface area contributed by atoms with Gasteiger partial charge in [0, 0.05) is 19.6 Å². The van der Waals surface area contributed by atoms with Crippen molar-refractivity contribution in [3.05, 3.63) is 0 Å². The second-order valence-electron chi connectivity index (χ2n) is 6.00. The Kier molecular flexibility index (Phi) is 3.24. The molecule has 0 aromatic rings. The fourth-order valence-corrected chi connectivity index (χ4v) is 3.41. The molecule has 16 heavy (non-hydrogen) atoms. The van der Waals surface area contributed by atoms with Gasteiger partial charge in [0.05, 0.1) is 5.41 Å². The van der Waals surface area contributed by atoms with E-state index in [2.05, 4.69) is 18.7 Å². The van der Waals surface area contributed by atoms with Crippen LogP contribution in [0.25, 0.3) is 0 Å². The van der Waals surface area contributed by atoms with Crippen LogP contribution >= 0.6 is 0 Å². The maximum Gasteiger partial charge on any atom is 0.230 e. The summed E-state index contributed by atoms with van der Waals surface area (Å²) in [7, 11) is 0. The van der Waals surface area contributed by atoms with Crippen molar-refractivity contribution in [2.24, 2.45) is 23.0 Å². The van der Waals surface area contributed by atoms with E-state index >= 15 is 0 Å². The van der Waals surface area contributed by atoms with E-state index in [-0.39, 0.29) is 5.41 Å². The van der Waals surface area contributed by atoms with Gasteiger partial charge in [-0.2, -0.15) is 0 Å². The smallest absolute Gasteiger partial charge is 0.230 e. The summed E-state index contributed by atoms with van der Waals surface area (Å²) in [4.78, 5) is 14.5. The van der Waals surface area contributed by atoms with Crippen molar-refractivity contribution < 1.29 is 4.79 Å². The van der Waals surface area contributed by atoms with Crippen LogP contribution in [0.3, 0.4) is 0 Å². The van der Waals surface area contributed by atoms with Crippen molar-refractivity contribution in [3.8, 4) is 0 Å². The molecular weight excluding hydrogens is 200 g/mol. The summed E-state index contributed by atoms with van der Waals surface area (Å²) < 4.78 is 0. The molecule has 0 bridgehead atoms. The van der Waals surface area contributed by atoms with Gasteiger partial charge in [0.1, 0.15) is 0 Å². The first kappa shape index (κ1) is 11.9. The third-order valence-corrected chi connectivity index (χ3v) is 4.27. The van der Waals surface area contributed by atoms with Gasteiger partial charge in [0.2, 0.25) is 5.91 Å². The molecule has 1 saturated carbocycles. The summed E-state index contributed by atoms with van der Waals surface area (Å²) >= 11 is 0. The van der Waals surface area contributed by atoms with Gasteiger partial charge in [-0.25, -0.2) is 0 Å². The van der Waals surface area contributed by atoms with E-state index in [0.29, 0.717) is 24.3 Å². The molecule has 1 atom stereocenters. The first-order chi connectivity index (χ1) is 7.57. The van der Waals surface area contributed by atoms with E-state index in [9.17, 15) is 4.79 Å². The molecule has 2 rings (SSSR count). The van der Waals surface area contributed by atoms with Crippen molar-refractivity contribution in [2.45, 2.75) is 39.5 Å². The number of likely N-dealkylation sites (tertiary alicyclic amines) is 1. The zero-order valence-corrected chi connectivity index (χ0v) is 10.5. The minimum Gasteiger partial charge on any atom is -0.342 e. The Bertz CT molecular complexity index is 271. The van der Waals surface area contributed by atoms with E-state index in [4.69, 9.17) is 5.73 Å². The van der Waals surface area contributed by atoms with Gasteiger partial charge < -0.3 is 10.6 Å². The summed E-state index contributed by atoms with van der Waals surface area (Å²) in [5, 5.41) is 0. The number of nitrogens with zero attached hydrogens (tertiary/aromatic N) is 1. The van der Waals surface area contributed by atoms with E-state index < -0.39 is 0 Å². The number of piperidine rings is 1. The third-order valence-electron chi connectivity index (χ3n) is 4.27. The SMILES string of the molecule is CC1CCCN(C(=O)C2(CN)CC(C)C2)C1. The standard InChI is InChI=1S/C13H24N2O/c1-10-4-3-5-15(8-10)12(16)13(9-14)6-11(2)7-13/h10-11H,3-9,14H2,1-2H3. The Balaban J connectivity index is 2.00. The van der Waals surface area contributed by atoms with E-state index in [0.717, 1.165) is 32.4 Å². The van der Waals surface area contributed by atoms with Crippen LogP contribution in [0, 0.1) is 17.3 Å². The van der Waals surface area contributed by atoms with Crippen molar-refractivity contribution in [2.75, 3.05) is 19.6 Å². The molecule has 1 saturated heterocycles. The number of nitrogens with two attached hydrogens (primary N) is 1. The summed E-state index contributed by atoms with van der Waals surface area (Å²) in [6, 6.07) is 0. The number of hydrogen-bond acceptors (Lipinski definition) is 2. The number of hydrogen-bond donors (Lipinski definition) is 1. The number of rotatable bonds is 2. The molecule has 3 heteroatoms. The van der Waals surface area contributed by atoms with Crippen LogP contribution in [-0.2, 0) is 4.79 Å². The van der Waals surface area contributed by atoms with Crippen LogP contribution in [-0.4, -0.2) is 30.4 Å². The summed E-state index contributed by atoms with van der Waals surface area (Å²) in [5.74, 6) is 1.67. The van der Waals surface area contributed by atoms with Gasteiger partial charge in [0.15, 0.2) is 0 Å². The van der Waals surface area contributed by atoms with Gasteiger partial charge in [-0.3, -0.25) is 4.79 Å². The maximum absolute atomic E-state index is 12.5. The Hall–Kier alpha value is -0.570.